The molecule has 0 saturated carbocycles. The smallest absolute Gasteiger partial charge is 0.412 e. The number of hydrogen-bond donors (Lipinski definition) is 1. The van der Waals surface area contributed by atoms with Crippen LogP contribution in [0.2, 0.25) is 0 Å². The molecule has 1 amide bonds. The van der Waals surface area contributed by atoms with Crippen molar-refractivity contribution in [2.45, 2.75) is 19.6 Å². The number of benzene rings is 1. The van der Waals surface area contributed by atoms with Gasteiger partial charge in [-0.25, -0.2) is 9.59 Å². The molecule has 1 aliphatic carbocycles. The number of carbonyl (C=O) groups is 2. The summed E-state index contributed by atoms with van der Waals surface area (Å²) in [6, 6.07) is 9.12. The first-order valence-electron chi connectivity index (χ1n) is 8.57. The van der Waals surface area contributed by atoms with Crippen LogP contribution >= 0.6 is 15.9 Å². The largest absolute Gasteiger partial charge is 0.461 e. The van der Waals surface area contributed by atoms with Crippen LogP contribution in [0, 0.1) is 5.92 Å². The highest BCUT2D eigenvalue weighted by Gasteiger charge is 2.30. The number of ether oxygens (including phenoxy) is 2. The Morgan fingerprint density at radius 1 is 1.19 bits per heavy atom. The van der Waals surface area contributed by atoms with E-state index in [0.29, 0.717) is 5.70 Å². The molecule has 6 nitrogen and oxygen atoms in total. The second-order valence-electron chi connectivity index (χ2n) is 5.94. The van der Waals surface area contributed by atoms with Crippen LogP contribution in [-0.4, -0.2) is 30.4 Å². The SMILES string of the molecule is CCOC(=O)C1=NC2C=C(Br)C=CC2C=C1NC(=O)OCc1ccccc1. The molecule has 3 rings (SSSR count). The lowest BCUT2D eigenvalue weighted by Gasteiger charge is -2.26. The van der Waals surface area contributed by atoms with Crippen LogP contribution in [0.15, 0.2) is 69.8 Å². The molecule has 1 aromatic carbocycles. The molecule has 2 atom stereocenters. The van der Waals surface area contributed by atoms with E-state index in [0.717, 1.165) is 10.0 Å². The fraction of sp³-hybridized carbons (Fsp3) is 0.250. The number of aliphatic imine (C=N–C) groups is 1. The number of carbonyl (C=O) groups excluding carboxylic acids is 2. The van der Waals surface area contributed by atoms with Crippen molar-refractivity contribution in [3.63, 3.8) is 0 Å². The third kappa shape index (κ3) is 4.95. The molecule has 2 unspecified atom stereocenters. The number of dihydropyridines is 1. The van der Waals surface area contributed by atoms with Gasteiger partial charge in [-0.2, -0.15) is 0 Å². The molecule has 7 heteroatoms. The van der Waals surface area contributed by atoms with E-state index in [9.17, 15) is 9.59 Å². The van der Waals surface area contributed by atoms with Crippen LogP contribution in [-0.2, 0) is 20.9 Å². The van der Waals surface area contributed by atoms with Crippen molar-refractivity contribution < 1.29 is 19.1 Å². The van der Waals surface area contributed by atoms with Crippen LogP contribution in [0.3, 0.4) is 0 Å². The number of fused-ring (bicyclic) bond motifs is 1. The standard InChI is InChI=1S/C20H19BrN2O4/c1-2-26-19(24)18-17(10-14-8-9-15(21)11-16(14)22-18)23-20(25)27-12-13-6-4-3-5-7-13/h3-11,14,16H,2,12H2,1H3,(H,23,25). The maximum Gasteiger partial charge on any atom is 0.412 e. The van der Waals surface area contributed by atoms with Gasteiger partial charge >= 0.3 is 12.1 Å². The van der Waals surface area contributed by atoms with Gasteiger partial charge in [0, 0.05) is 10.4 Å². The molecule has 1 heterocycles. The molecular weight excluding hydrogens is 412 g/mol. The van der Waals surface area contributed by atoms with E-state index in [2.05, 4.69) is 26.2 Å². The number of hydrogen-bond acceptors (Lipinski definition) is 5. The van der Waals surface area contributed by atoms with Gasteiger partial charge in [0.1, 0.15) is 6.61 Å². The number of halogens is 1. The average molecular weight is 431 g/mol. The van der Waals surface area contributed by atoms with Gasteiger partial charge in [0.25, 0.3) is 0 Å². The highest BCUT2D eigenvalue weighted by atomic mass is 79.9. The number of esters is 1. The lowest BCUT2D eigenvalue weighted by molar-refractivity contribution is -0.135. The number of nitrogens with zero attached hydrogens (tertiary/aromatic N) is 1. The Balaban J connectivity index is 1.73. The highest BCUT2D eigenvalue weighted by molar-refractivity contribution is 9.11. The Morgan fingerprint density at radius 3 is 2.70 bits per heavy atom. The van der Waals surface area contributed by atoms with Gasteiger partial charge in [-0.15, -0.1) is 0 Å². The van der Waals surface area contributed by atoms with E-state index < -0.39 is 12.1 Å². The van der Waals surface area contributed by atoms with Crippen molar-refractivity contribution in [2.75, 3.05) is 6.61 Å². The second kappa shape index (κ2) is 8.81. The quantitative estimate of drug-likeness (QED) is 0.723. The normalized spacial score (nSPS) is 20.6. The summed E-state index contributed by atoms with van der Waals surface area (Å²) in [5.74, 6) is -0.640. The van der Waals surface area contributed by atoms with Crippen molar-refractivity contribution in [3.8, 4) is 0 Å². The summed E-state index contributed by atoms with van der Waals surface area (Å²) in [5.41, 5.74) is 1.25. The van der Waals surface area contributed by atoms with Gasteiger partial charge in [0.2, 0.25) is 0 Å². The van der Waals surface area contributed by atoms with Crippen molar-refractivity contribution in [1.82, 2.24) is 5.32 Å². The Labute approximate surface area is 165 Å². The minimum atomic E-state index is -0.655. The van der Waals surface area contributed by atoms with Crippen LogP contribution in [0.4, 0.5) is 4.79 Å². The first kappa shape index (κ1) is 19.1. The summed E-state index contributed by atoms with van der Waals surface area (Å²) in [4.78, 5) is 29.0. The minimum absolute atomic E-state index is 0.0612. The topological polar surface area (TPSA) is 77.0 Å². The molecule has 0 spiro atoms. The van der Waals surface area contributed by atoms with Crippen LogP contribution in [0.1, 0.15) is 12.5 Å². The van der Waals surface area contributed by atoms with E-state index in [1.807, 2.05) is 48.6 Å². The average Bonchev–Trinajstić information content (AvgIpc) is 2.67. The van der Waals surface area contributed by atoms with Gasteiger partial charge in [0.05, 0.1) is 18.3 Å². The monoisotopic (exact) mass is 430 g/mol. The molecule has 0 fully saturated rings. The summed E-state index contributed by atoms with van der Waals surface area (Å²) >= 11 is 3.41. The predicted octanol–water partition coefficient (Wildman–Crippen LogP) is 3.65. The van der Waals surface area contributed by atoms with Gasteiger partial charge in [0.15, 0.2) is 5.71 Å². The molecular formula is C20H19BrN2O4. The summed E-state index contributed by atoms with van der Waals surface area (Å²) in [5, 5.41) is 2.62. The van der Waals surface area contributed by atoms with Crippen LogP contribution < -0.4 is 5.32 Å². The van der Waals surface area contributed by atoms with E-state index >= 15 is 0 Å². The number of nitrogens with one attached hydrogen (secondary N) is 1. The Hall–Kier alpha value is -2.67. The third-order valence-electron chi connectivity index (χ3n) is 4.01. The van der Waals surface area contributed by atoms with E-state index in [1.54, 1.807) is 13.0 Å². The summed E-state index contributed by atoms with van der Waals surface area (Å²) in [6.07, 6.45) is 6.91. The van der Waals surface area contributed by atoms with E-state index in [1.165, 1.54) is 0 Å². The van der Waals surface area contributed by atoms with Gasteiger partial charge in [-0.05, 0) is 24.6 Å². The van der Waals surface area contributed by atoms with Crippen molar-refractivity contribution in [3.05, 3.63) is 70.4 Å². The summed E-state index contributed by atoms with van der Waals surface area (Å²) < 4.78 is 11.2. The van der Waals surface area contributed by atoms with Gasteiger partial charge in [-0.1, -0.05) is 58.4 Å². The molecule has 1 aromatic rings. The Kier molecular flexibility index (Phi) is 6.24. The molecule has 0 radical (unpaired) electrons. The third-order valence-corrected chi connectivity index (χ3v) is 4.54. The predicted molar refractivity (Wildman–Crippen MR) is 105 cm³/mol. The summed E-state index contributed by atoms with van der Waals surface area (Å²) in [6.45, 7) is 2.07. The summed E-state index contributed by atoms with van der Waals surface area (Å²) in [7, 11) is 0. The number of allylic oxidation sites excluding steroid dienone is 2. The number of alkyl carbamates (subject to hydrolysis) is 1. The molecule has 0 bridgehead atoms. The zero-order valence-electron chi connectivity index (χ0n) is 14.7. The molecule has 1 aliphatic heterocycles. The molecule has 2 aliphatic rings. The van der Waals surface area contributed by atoms with Crippen molar-refractivity contribution in [1.29, 1.82) is 0 Å². The maximum absolute atomic E-state index is 12.3. The lowest BCUT2D eigenvalue weighted by Crippen LogP contribution is -2.37. The molecule has 140 valence electrons. The Morgan fingerprint density at radius 2 is 1.96 bits per heavy atom. The van der Waals surface area contributed by atoms with E-state index in [4.69, 9.17) is 9.47 Å². The Bertz CT molecular complexity index is 843. The van der Waals surface area contributed by atoms with Crippen molar-refractivity contribution >= 4 is 33.7 Å². The highest BCUT2D eigenvalue weighted by Crippen LogP contribution is 2.28. The van der Waals surface area contributed by atoms with Crippen LogP contribution in [0.25, 0.3) is 0 Å². The molecule has 0 saturated heterocycles. The zero-order valence-corrected chi connectivity index (χ0v) is 16.3. The number of amides is 1. The fourth-order valence-electron chi connectivity index (χ4n) is 2.75. The first-order valence-corrected chi connectivity index (χ1v) is 9.36. The molecule has 27 heavy (non-hydrogen) atoms. The van der Waals surface area contributed by atoms with Crippen LogP contribution in [0.5, 0.6) is 0 Å². The number of rotatable bonds is 5. The minimum Gasteiger partial charge on any atom is -0.461 e. The van der Waals surface area contributed by atoms with Gasteiger partial charge < -0.3 is 9.47 Å². The first-order chi connectivity index (χ1) is 13.1. The maximum atomic E-state index is 12.3. The van der Waals surface area contributed by atoms with Crippen molar-refractivity contribution in [2.24, 2.45) is 10.9 Å². The van der Waals surface area contributed by atoms with Gasteiger partial charge in [-0.3, -0.25) is 10.3 Å². The van der Waals surface area contributed by atoms with E-state index in [-0.39, 0.29) is 30.9 Å². The zero-order chi connectivity index (χ0) is 19.2. The molecule has 1 N–H and O–H groups in total. The molecule has 0 aromatic heterocycles. The fourth-order valence-corrected chi connectivity index (χ4v) is 3.17. The lowest BCUT2D eigenvalue weighted by atomic mass is 9.91. The second-order valence-corrected chi connectivity index (χ2v) is 6.86.